The molecule has 0 heterocycles. The van der Waals surface area contributed by atoms with Gasteiger partial charge in [-0.3, -0.25) is 0 Å². The Morgan fingerprint density at radius 1 is 0.639 bits per heavy atom. The van der Waals surface area contributed by atoms with Gasteiger partial charge in [0.25, 0.3) is 0 Å². The highest BCUT2D eigenvalue weighted by Crippen LogP contribution is 2.77. The second-order valence-corrected chi connectivity index (χ2v) is 14.9. The summed E-state index contributed by atoms with van der Waals surface area (Å²) in [6.07, 6.45) is 15.8. The fourth-order valence-corrected chi connectivity index (χ4v) is 11.5. The summed E-state index contributed by atoms with van der Waals surface area (Å²) in [7, 11) is 0. The Labute approximate surface area is 227 Å². The Kier molecular flexibility index (Phi) is 10.1. The van der Waals surface area contributed by atoms with Crippen molar-refractivity contribution >= 4 is 6.29 Å². The first kappa shape index (κ1) is 31.9. The second-order valence-electron chi connectivity index (χ2n) is 14.9. The first-order chi connectivity index (χ1) is 16.8. The Bertz CT molecular complexity index is 724. The van der Waals surface area contributed by atoms with Gasteiger partial charge in [-0.05, 0) is 134 Å². The van der Waals surface area contributed by atoms with Gasteiger partial charge in [0, 0.05) is 0 Å². The standard InChI is InChI=1S/C29H50.C2H4O.2C2H6/c1-19-11-14-26(5)17-18-28(7)21(24(19)26)9-10-23-27(6)15-12-20(2)25(3,4)22(27)13-16-29(23,28)8;1-2-3;2*1-2/h19-24H,9-18H2,1-8H3;2H,1H3;2*1-2H3/t19?,20?,21?,22?,23?,24?,26?,27?,28-,29?;;;/m1.../s1. The average Bonchev–Trinajstić information content (AvgIpc) is 3.15. The lowest BCUT2D eigenvalue weighted by atomic mass is 9.32. The Balaban J connectivity index is 0.000000596. The van der Waals surface area contributed by atoms with Crippen LogP contribution >= 0.6 is 0 Å². The fourth-order valence-electron chi connectivity index (χ4n) is 11.5. The highest BCUT2D eigenvalue weighted by molar-refractivity contribution is 5.44. The number of rotatable bonds is 0. The maximum absolute atomic E-state index is 8.81. The predicted octanol–water partition coefficient (Wildman–Crippen LogP) is 11.0. The van der Waals surface area contributed by atoms with Crippen LogP contribution in [-0.2, 0) is 4.79 Å². The van der Waals surface area contributed by atoms with E-state index in [4.69, 9.17) is 4.79 Å². The molecule has 1 heteroatoms. The molecule has 0 saturated heterocycles. The van der Waals surface area contributed by atoms with Crippen molar-refractivity contribution in [1.29, 1.82) is 0 Å². The van der Waals surface area contributed by atoms with Crippen molar-refractivity contribution in [3.8, 4) is 0 Å². The fraction of sp³-hybridized carbons (Fsp3) is 0.971. The number of carbonyl (C=O) groups is 1. The first-order valence-corrected chi connectivity index (χ1v) is 16.2. The van der Waals surface area contributed by atoms with Gasteiger partial charge in [-0.2, -0.15) is 0 Å². The molecule has 5 fully saturated rings. The van der Waals surface area contributed by atoms with Crippen molar-refractivity contribution in [2.75, 3.05) is 0 Å². The average molecular weight is 503 g/mol. The van der Waals surface area contributed by atoms with Gasteiger partial charge in [-0.1, -0.05) is 83.1 Å². The summed E-state index contributed by atoms with van der Waals surface area (Å²) in [6, 6.07) is 0. The molecule has 9 unspecified atom stereocenters. The number of hydrogen-bond acceptors (Lipinski definition) is 1. The number of aldehydes is 1. The van der Waals surface area contributed by atoms with Gasteiger partial charge in [0.15, 0.2) is 0 Å². The lowest BCUT2D eigenvalue weighted by molar-refractivity contribution is -0.241. The van der Waals surface area contributed by atoms with Gasteiger partial charge in [0.2, 0.25) is 0 Å². The lowest BCUT2D eigenvalue weighted by Gasteiger charge is -2.73. The number of hydrogen-bond donors (Lipinski definition) is 0. The number of fused-ring (bicyclic) bond motifs is 7. The summed E-state index contributed by atoms with van der Waals surface area (Å²) in [4.78, 5) is 8.81. The minimum atomic E-state index is 0.525. The molecule has 5 aliphatic rings. The molecule has 0 spiro atoms. The Morgan fingerprint density at radius 3 is 1.81 bits per heavy atom. The van der Waals surface area contributed by atoms with E-state index in [1.807, 2.05) is 27.7 Å². The molecular formula is C35H66O. The van der Waals surface area contributed by atoms with Crippen molar-refractivity contribution in [2.24, 2.45) is 62.6 Å². The Hall–Kier alpha value is -0.330. The van der Waals surface area contributed by atoms with Gasteiger partial charge in [-0.25, -0.2) is 0 Å². The van der Waals surface area contributed by atoms with Crippen LogP contribution in [0.3, 0.4) is 0 Å². The third-order valence-corrected chi connectivity index (χ3v) is 13.7. The third-order valence-electron chi connectivity index (χ3n) is 13.7. The van der Waals surface area contributed by atoms with E-state index in [1.54, 1.807) is 6.42 Å². The van der Waals surface area contributed by atoms with Crippen LogP contribution in [0.4, 0.5) is 0 Å². The highest BCUT2D eigenvalue weighted by Gasteiger charge is 2.69. The van der Waals surface area contributed by atoms with Crippen LogP contribution in [0, 0.1) is 62.6 Å². The van der Waals surface area contributed by atoms with Crippen LogP contribution in [0.1, 0.15) is 154 Å². The molecule has 5 rings (SSSR count). The van der Waals surface area contributed by atoms with E-state index in [9.17, 15) is 0 Å². The minimum Gasteiger partial charge on any atom is -0.304 e. The zero-order valence-corrected chi connectivity index (χ0v) is 27.0. The first-order valence-electron chi connectivity index (χ1n) is 16.2. The maximum atomic E-state index is 8.81. The largest absolute Gasteiger partial charge is 0.304 e. The summed E-state index contributed by atoms with van der Waals surface area (Å²) >= 11 is 0. The lowest BCUT2D eigenvalue weighted by Crippen LogP contribution is -2.65. The SMILES string of the molecule is CC.CC.CC1CCC2(C)CC[C@]3(C)C(CCC4C5(C)CCC(C)C(C)(C)C5CCC43C)C12.CC=O. The molecule has 0 bridgehead atoms. The molecule has 5 aliphatic carbocycles. The van der Waals surface area contributed by atoms with Crippen LogP contribution in [0.5, 0.6) is 0 Å². The summed E-state index contributed by atoms with van der Waals surface area (Å²) in [5, 5.41) is 0. The molecule has 0 aromatic rings. The van der Waals surface area contributed by atoms with Gasteiger partial charge in [-0.15, -0.1) is 0 Å². The van der Waals surface area contributed by atoms with E-state index >= 15 is 0 Å². The zero-order chi connectivity index (χ0) is 27.7. The van der Waals surface area contributed by atoms with Crippen molar-refractivity contribution in [1.82, 2.24) is 0 Å². The van der Waals surface area contributed by atoms with Crippen LogP contribution in [-0.4, -0.2) is 6.29 Å². The van der Waals surface area contributed by atoms with E-state index in [1.165, 1.54) is 64.7 Å². The molecule has 0 amide bonds. The molecule has 0 aromatic carbocycles. The molecule has 0 aliphatic heterocycles. The predicted molar refractivity (Wildman–Crippen MR) is 159 cm³/mol. The molecule has 0 radical (unpaired) electrons. The van der Waals surface area contributed by atoms with Gasteiger partial charge in [0.1, 0.15) is 6.29 Å². The molecular weight excluding hydrogens is 436 g/mol. The van der Waals surface area contributed by atoms with Crippen molar-refractivity contribution in [3.63, 3.8) is 0 Å². The van der Waals surface area contributed by atoms with Crippen molar-refractivity contribution < 1.29 is 4.79 Å². The smallest absolute Gasteiger partial charge is 0.116 e. The van der Waals surface area contributed by atoms with E-state index in [2.05, 4.69) is 55.4 Å². The summed E-state index contributed by atoms with van der Waals surface area (Å²) in [6.45, 7) is 30.9. The van der Waals surface area contributed by atoms with Gasteiger partial charge in [0.05, 0.1) is 0 Å². The minimum absolute atomic E-state index is 0.525. The van der Waals surface area contributed by atoms with Crippen LogP contribution < -0.4 is 0 Å². The second kappa shape index (κ2) is 11.4. The monoisotopic (exact) mass is 503 g/mol. The topological polar surface area (TPSA) is 17.1 Å². The van der Waals surface area contributed by atoms with Gasteiger partial charge < -0.3 is 4.79 Å². The van der Waals surface area contributed by atoms with E-state index < -0.39 is 0 Å². The molecule has 1 nitrogen and oxygen atoms in total. The van der Waals surface area contributed by atoms with Crippen molar-refractivity contribution in [2.45, 2.75) is 154 Å². The molecule has 0 N–H and O–H groups in total. The highest BCUT2D eigenvalue weighted by atomic mass is 16.1. The van der Waals surface area contributed by atoms with E-state index in [0.717, 1.165) is 41.8 Å². The van der Waals surface area contributed by atoms with Gasteiger partial charge >= 0.3 is 0 Å². The maximum Gasteiger partial charge on any atom is 0.116 e. The zero-order valence-electron chi connectivity index (χ0n) is 27.0. The van der Waals surface area contributed by atoms with Crippen LogP contribution in [0.2, 0.25) is 0 Å². The van der Waals surface area contributed by atoms with Crippen LogP contribution in [0.15, 0.2) is 0 Å². The third kappa shape index (κ3) is 4.57. The molecule has 0 aromatic heterocycles. The van der Waals surface area contributed by atoms with E-state index in [-0.39, 0.29) is 0 Å². The molecule has 5 saturated carbocycles. The van der Waals surface area contributed by atoms with E-state index in [0.29, 0.717) is 27.1 Å². The normalized spacial score (nSPS) is 50.0. The quantitative estimate of drug-likeness (QED) is 0.301. The Morgan fingerprint density at radius 2 is 1.22 bits per heavy atom. The number of carbonyl (C=O) groups excluding carboxylic acids is 1. The summed E-state index contributed by atoms with van der Waals surface area (Å²) in [5.41, 5.74) is 2.92. The summed E-state index contributed by atoms with van der Waals surface area (Å²) in [5.74, 6) is 5.76. The summed E-state index contributed by atoms with van der Waals surface area (Å²) < 4.78 is 0. The molecule has 212 valence electrons. The van der Waals surface area contributed by atoms with Crippen LogP contribution in [0.25, 0.3) is 0 Å². The molecule has 10 atom stereocenters. The molecule has 36 heavy (non-hydrogen) atoms. The van der Waals surface area contributed by atoms with Crippen molar-refractivity contribution in [3.05, 3.63) is 0 Å².